The summed E-state index contributed by atoms with van der Waals surface area (Å²) in [6.07, 6.45) is -12.0. The van der Waals surface area contributed by atoms with Crippen LogP contribution in [0.15, 0.2) is 12.7 Å². The first-order valence-electron chi connectivity index (χ1n) is 4.21. The van der Waals surface area contributed by atoms with Gasteiger partial charge in [0.25, 0.3) is 0 Å². The zero-order chi connectivity index (χ0) is 14.6. The van der Waals surface area contributed by atoms with E-state index in [-0.39, 0.29) is 0 Å². The Labute approximate surface area is 96.2 Å². The van der Waals surface area contributed by atoms with Crippen LogP contribution < -0.4 is 0 Å². The SMILES string of the molecule is C=CC(=O)OCCOC(F)(C(F)(F)F)C(F)(F)F. The van der Waals surface area contributed by atoms with Gasteiger partial charge >= 0.3 is 24.2 Å². The number of alkyl halides is 7. The third kappa shape index (κ3) is 3.86. The number of halogens is 7. The second kappa shape index (κ2) is 5.55. The summed E-state index contributed by atoms with van der Waals surface area (Å²) in [6, 6.07) is 0. The highest BCUT2D eigenvalue weighted by Crippen LogP contribution is 2.46. The van der Waals surface area contributed by atoms with Crippen molar-refractivity contribution in [2.24, 2.45) is 0 Å². The van der Waals surface area contributed by atoms with Gasteiger partial charge in [-0.2, -0.15) is 30.7 Å². The van der Waals surface area contributed by atoms with Crippen LogP contribution in [-0.2, 0) is 14.3 Å². The lowest BCUT2D eigenvalue weighted by molar-refractivity contribution is -0.430. The van der Waals surface area contributed by atoms with Gasteiger partial charge in [-0.3, -0.25) is 0 Å². The van der Waals surface area contributed by atoms with Gasteiger partial charge in [0.15, 0.2) is 0 Å². The van der Waals surface area contributed by atoms with Crippen LogP contribution in [0.1, 0.15) is 0 Å². The minimum atomic E-state index is -6.30. The monoisotopic (exact) mass is 284 g/mol. The predicted molar refractivity (Wildman–Crippen MR) is 43.1 cm³/mol. The maximum Gasteiger partial charge on any atom is 0.458 e. The first-order chi connectivity index (χ1) is 7.95. The van der Waals surface area contributed by atoms with Crippen LogP contribution >= 0.6 is 0 Å². The molecule has 0 amide bonds. The van der Waals surface area contributed by atoms with Crippen molar-refractivity contribution in [3.63, 3.8) is 0 Å². The number of ether oxygens (including phenoxy) is 2. The van der Waals surface area contributed by atoms with Crippen LogP contribution in [0.3, 0.4) is 0 Å². The molecule has 0 aliphatic rings. The molecule has 0 bridgehead atoms. The molecular weight excluding hydrogens is 277 g/mol. The van der Waals surface area contributed by atoms with Gasteiger partial charge in [-0.15, -0.1) is 0 Å². The van der Waals surface area contributed by atoms with Gasteiger partial charge in [0, 0.05) is 6.08 Å². The quantitative estimate of drug-likeness (QED) is 0.337. The third-order valence-electron chi connectivity index (χ3n) is 1.52. The van der Waals surface area contributed by atoms with Crippen LogP contribution in [0, 0.1) is 0 Å². The molecule has 0 aliphatic carbocycles. The zero-order valence-electron chi connectivity index (χ0n) is 8.57. The molecule has 0 atom stereocenters. The number of rotatable bonds is 5. The third-order valence-corrected chi connectivity index (χ3v) is 1.52. The molecule has 0 aromatic rings. The maximum atomic E-state index is 12.8. The molecular formula is C8H7F7O3. The lowest BCUT2D eigenvalue weighted by Crippen LogP contribution is -2.55. The molecule has 0 saturated carbocycles. The molecule has 0 saturated heterocycles. The Balaban J connectivity index is 4.57. The fourth-order valence-corrected chi connectivity index (χ4v) is 0.708. The molecule has 3 nitrogen and oxygen atoms in total. The molecule has 106 valence electrons. The van der Waals surface area contributed by atoms with E-state index in [1.807, 2.05) is 0 Å². The highest BCUT2D eigenvalue weighted by Gasteiger charge is 2.74. The molecule has 10 heteroatoms. The van der Waals surface area contributed by atoms with Crippen LogP contribution in [0.5, 0.6) is 0 Å². The van der Waals surface area contributed by atoms with Crippen LogP contribution in [0.4, 0.5) is 30.7 Å². The van der Waals surface area contributed by atoms with Gasteiger partial charge in [0.05, 0.1) is 6.61 Å². The molecule has 0 unspecified atom stereocenters. The molecule has 0 heterocycles. The topological polar surface area (TPSA) is 35.5 Å². The van der Waals surface area contributed by atoms with E-state index in [4.69, 9.17) is 0 Å². The van der Waals surface area contributed by atoms with Crippen molar-refractivity contribution < 1.29 is 45.0 Å². The van der Waals surface area contributed by atoms with E-state index in [9.17, 15) is 35.5 Å². The fourth-order valence-electron chi connectivity index (χ4n) is 0.708. The smallest absolute Gasteiger partial charge is 0.458 e. The fraction of sp³-hybridized carbons (Fsp3) is 0.625. The van der Waals surface area contributed by atoms with E-state index < -0.39 is 37.4 Å². The van der Waals surface area contributed by atoms with Crippen LogP contribution in [-0.4, -0.2) is 37.4 Å². The summed E-state index contributed by atoms with van der Waals surface area (Å²) >= 11 is 0. The summed E-state index contributed by atoms with van der Waals surface area (Å²) in [6.45, 7) is 0.512. The molecule has 0 aromatic carbocycles. The maximum absolute atomic E-state index is 12.8. The van der Waals surface area contributed by atoms with E-state index in [2.05, 4.69) is 16.1 Å². The number of hydrogen-bond acceptors (Lipinski definition) is 3. The first kappa shape index (κ1) is 16.7. The van der Waals surface area contributed by atoms with Gasteiger partial charge in [0.2, 0.25) is 0 Å². The number of esters is 1. The van der Waals surface area contributed by atoms with E-state index in [1.165, 1.54) is 0 Å². The number of carbonyl (C=O) groups is 1. The Hall–Kier alpha value is -1.32. The molecule has 0 rings (SSSR count). The largest absolute Gasteiger partial charge is 0.460 e. The average Bonchev–Trinajstić information content (AvgIpc) is 2.20. The summed E-state index contributed by atoms with van der Waals surface area (Å²) in [5.74, 6) is -6.90. The van der Waals surface area contributed by atoms with E-state index in [0.717, 1.165) is 0 Å². The van der Waals surface area contributed by atoms with Gasteiger partial charge in [-0.25, -0.2) is 4.79 Å². The molecule has 0 aromatic heterocycles. The van der Waals surface area contributed by atoms with E-state index in [1.54, 1.807) is 0 Å². The van der Waals surface area contributed by atoms with Gasteiger partial charge in [-0.05, 0) is 0 Å². The summed E-state index contributed by atoms with van der Waals surface area (Å²) in [7, 11) is 0. The average molecular weight is 284 g/mol. The highest BCUT2D eigenvalue weighted by atomic mass is 19.4. The van der Waals surface area contributed by atoms with E-state index >= 15 is 0 Å². The standard InChI is InChI=1S/C8H7F7O3/c1-2-5(16)17-3-4-18-6(9,7(10,11)12)8(13,14)15/h2H,1,3-4H2. The lowest BCUT2D eigenvalue weighted by atomic mass is 10.3. The Bertz CT molecular complexity index is 293. The molecule has 0 spiro atoms. The summed E-state index contributed by atoms with van der Waals surface area (Å²) in [5, 5.41) is 0. The van der Waals surface area contributed by atoms with E-state index in [0.29, 0.717) is 6.08 Å². The Morgan fingerprint density at radius 1 is 1.00 bits per heavy atom. The molecule has 0 radical (unpaired) electrons. The molecule has 18 heavy (non-hydrogen) atoms. The Kier molecular flexibility index (Phi) is 5.14. The van der Waals surface area contributed by atoms with Crippen molar-refractivity contribution in [3.05, 3.63) is 12.7 Å². The second-order valence-electron chi connectivity index (χ2n) is 2.81. The van der Waals surface area contributed by atoms with Crippen molar-refractivity contribution in [2.75, 3.05) is 13.2 Å². The highest BCUT2D eigenvalue weighted by molar-refractivity contribution is 5.81. The zero-order valence-corrected chi connectivity index (χ0v) is 8.57. The molecule has 0 N–H and O–H groups in total. The molecule has 0 aliphatic heterocycles. The minimum Gasteiger partial charge on any atom is -0.460 e. The van der Waals surface area contributed by atoms with Crippen molar-refractivity contribution in [1.29, 1.82) is 0 Å². The van der Waals surface area contributed by atoms with Gasteiger partial charge in [0.1, 0.15) is 6.61 Å². The summed E-state index contributed by atoms with van der Waals surface area (Å²) in [4.78, 5) is 10.4. The lowest BCUT2D eigenvalue weighted by Gasteiger charge is -2.29. The van der Waals surface area contributed by atoms with Crippen molar-refractivity contribution in [3.8, 4) is 0 Å². The normalized spacial score (nSPS) is 13.3. The van der Waals surface area contributed by atoms with Crippen molar-refractivity contribution in [1.82, 2.24) is 0 Å². The molecule has 0 fully saturated rings. The minimum absolute atomic E-state index is 0.621. The number of hydrogen-bond donors (Lipinski definition) is 0. The van der Waals surface area contributed by atoms with Gasteiger partial charge in [-0.1, -0.05) is 6.58 Å². The summed E-state index contributed by atoms with van der Waals surface area (Å²) < 4.78 is 91.4. The van der Waals surface area contributed by atoms with Crippen molar-refractivity contribution >= 4 is 5.97 Å². The van der Waals surface area contributed by atoms with Crippen LogP contribution in [0.25, 0.3) is 0 Å². The van der Waals surface area contributed by atoms with Crippen molar-refractivity contribution in [2.45, 2.75) is 18.2 Å². The Morgan fingerprint density at radius 3 is 1.78 bits per heavy atom. The van der Waals surface area contributed by atoms with Crippen LogP contribution in [0.2, 0.25) is 0 Å². The first-order valence-corrected chi connectivity index (χ1v) is 4.21. The summed E-state index contributed by atoms with van der Waals surface area (Å²) in [5.41, 5.74) is 0. The Morgan fingerprint density at radius 2 is 1.44 bits per heavy atom. The predicted octanol–water partition coefficient (Wildman–Crippen LogP) is 2.52. The number of carbonyl (C=O) groups excluding carboxylic acids is 1. The second-order valence-corrected chi connectivity index (χ2v) is 2.81. The van der Waals surface area contributed by atoms with Gasteiger partial charge < -0.3 is 9.47 Å².